The number of allylic oxidation sites excluding steroid dienone is 4. The summed E-state index contributed by atoms with van der Waals surface area (Å²) in [6, 6.07) is 7.57. The molecule has 5 heteroatoms. The lowest BCUT2D eigenvalue weighted by atomic mass is 10.0. The van der Waals surface area contributed by atoms with Crippen molar-refractivity contribution in [3.63, 3.8) is 0 Å². The van der Waals surface area contributed by atoms with E-state index in [1.165, 1.54) is 0 Å². The summed E-state index contributed by atoms with van der Waals surface area (Å²) in [5, 5.41) is 23.5. The maximum Gasteiger partial charge on any atom is 0.163 e. The van der Waals surface area contributed by atoms with E-state index in [1.807, 2.05) is 52.0 Å². The number of hydrogen-bond donors (Lipinski definition) is 1. The van der Waals surface area contributed by atoms with Crippen LogP contribution in [0.3, 0.4) is 0 Å². The summed E-state index contributed by atoms with van der Waals surface area (Å²) in [6.45, 7) is 13.7. The number of pyridine rings is 1. The molecule has 1 atom stereocenters. The minimum absolute atomic E-state index is 0.331. The van der Waals surface area contributed by atoms with Crippen LogP contribution in [0, 0.1) is 18.3 Å². The van der Waals surface area contributed by atoms with Crippen LogP contribution in [0.15, 0.2) is 35.9 Å². The first-order chi connectivity index (χ1) is 12.9. The van der Waals surface area contributed by atoms with Crippen LogP contribution in [-0.4, -0.2) is 19.9 Å². The van der Waals surface area contributed by atoms with Gasteiger partial charge in [0.1, 0.15) is 6.07 Å². The minimum Gasteiger partial charge on any atom is -0.389 e. The highest BCUT2D eigenvalue weighted by Crippen LogP contribution is 2.27. The number of aromatic nitrogens is 3. The zero-order valence-electron chi connectivity index (χ0n) is 17.4. The van der Waals surface area contributed by atoms with Crippen molar-refractivity contribution in [2.24, 2.45) is 0 Å². The van der Waals surface area contributed by atoms with Crippen LogP contribution < -0.4 is 0 Å². The molecule has 0 aromatic carbocycles. The smallest absolute Gasteiger partial charge is 0.163 e. The fraction of sp³-hybridized carbons (Fsp3) is 0.409. The molecule has 2 rings (SSSR count). The second-order valence-corrected chi connectivity index (χ2v) is 5.99. The quantitative estimate of drug-likeness (QED) is 0.730. The molecule has 144 valence electrons. The highest BCUT2D eigenvalue weighted by molar-refractivity contribution is 5.68. The third-order valence-corrected chi connectivity index (χ3v) is 4.11. The van der Waals surface area contributed by atoms with Gasteiger partial charge in [-0.1, -0.05) is 39.0 Å². The Kier molecular flexibility index (Phi) is 8.64. The van der Waals surface area contributed by atoms with Crippen molar-refractivity contribution in [2.75, 3.05) is 0 Å². The normalized spacial score (nSPS) is 12.9. The van der Waals surface area contributed by atoms with E-state index in [1.54, 1.807) is 17.7 Å². The first-order valence-electron chi connectivity index (χ1n) is 9.41. The van der Waals surface area contributed by atoms with Crippen LogP contribution in [0.25, 0.3) is 11.4 Å². The summed E-state index contributed by atoms with van der Waals surface area (Å²) in [5.74, 6) is 0.561. The number of aliphatic hydroxyl groups excluding tert-OH is 1. The molecule has 0 aliphatic rings. The molecule has 2 heterocycles. The van der Waals surface area contributed by atoms with Gasteiger partial charge < -0.3 is 5.11 Å². The van der Waals surface area contributed by atoms with E-state index in [4.69, 9.17) is 10.2 Å². The standard InChI is InChI=1S/C20H24N4O.C2H6/c1-6-8-13(3)17(7-2)19-10-9-18(15(5)25)20(22-19)24-14(4)11-16(12-21)23-24;1-2/h6,8-11,15,25H,7H2,1-5H3;1-2H3/b8-6-,17-13-;. The van der Waals surface area contributed by atoms with Crippen LogP contribution in [-0.2, 0) is 0 Å². The Morgan fingerprint density at radius 1 is 1.37 bits per heavy atom. The monoisotopic (exact) mass is 366 g/mol. The van der Waals surface area contributed by atoms with Crippen molar-refractivity contribution < 1.29 is 5.11 Å². The van der Waals surface area contributed by atoms with Gasteiger partial charge in [0, 0.05) is 11.3 Å². The molecule has 0 saturated heterocycles. The first-order valence-corrected chi connectivity index (χ1v) is 9.41. The van der Waals surface area contributed by atoms with E-state index in [-0.39, 0.29) is 0 Å². The van der Waals surface area contributed by atoms with E-state index in [9.17, 15) is 5.11 Å². The van der Waals surface area contributed by atoms with Crippen molar-refractivity contribution in [3.05, 3.63) is 58.6 Å². The first kappa shape index (κ1) is 22.3. The van der Waals surface area contributed by atoms with Gasteiger partial charge in [0.25, 0.3) is 0 Å². The van der Waals surface area contributed by atoms with Gasteiger partial charge in [-0.05, 0) is 57.4 Å². The van der Waals surface area contributed by atoms with Gasteiger partial charge in [0.05, 0.1) is 11.8 Å². The molecule has 0 spiro atoms. The maximum atomic E-state index is 10.1. The third-order valence-electron chi connectivity index (χ3n) is 4.11. The van der Waals surface area contributed by atoms with E-state index < -0.39 is 6.10 Å². The summed E-state index contributed by atoms with van der Waals surface area (Å²) in [4.78, 5) is 4.79. The fourth-order valence-electron chi connectivity index (χ4n) is 2.88. The number of hydrogen-bond acceptors (Lipinski definition) is 4. The molecule has 5 nitrogen and oxygen atoms in total. The SMILES string of the molecule is C/C=C\C(C)=C(\CC)c1ccc(C(C)O)c(-n2nc(C#N)cc2C)n1.CC. The zero-order chi connectivity index (χ0) is 20.6. The van der Waals surface area contributed by atoms with Crippen LogP contribution in [0.1, 0.15) is 76.7 Å². The summed E-state index contributed by atoms with van der Waals surface area (Å²) in [6.07, 6.45) is 4.23. The predicted octanol–water partition coefficient (Wildman–Crippen LogP) is 5.29. The molecule has 1 N–H and O–H groups in total. The van der Waals surface area contributed by atoms with E-state index in [2.05, 4.69) is 25.0 Å². The molecule has 0 aliphatic carbocycles. The Hall–Kier alpha value is -2.71. The molecule has 0 amide bonds. The van der Waals surface area contributed by atoms with Gasteiger partial charge in [0.2, 0.25) is 0 Å². The van der Waals surface area contributed by atoms with E-state index >= 15 is 0 Å². The summed E-state index contributed by atoms with van der Waals surface area (Å²) in [7, 11) is 0. The van der Waals surface area contributed by atoms with Gasteiger partial charge in [0.15, 0.2) is 11.5 Å². The third kappa shape index (κ3) is 5.15. The fourth-order valence-corrected chi connectivity index (χ4v) is 2.88. The highest BCUT2D eigenvalue weighted by Gasteiger charge is 2.17. The molecule has 27 heavy (non-hydrogen) atoms. The molecule has 0 fully saturated rings. The lowest BCUT2D eigenvalue weighted by Gasteiger charge is -2.16. The molecule has 0 radical (unpaired) electrons. The van der Waals surface area contributed by atoms with Crippen molar-refractivity contribution in [2.45, 2.75) is 61.0 Å². The average molecular weight is 367 g/mol. The van der Waals surface area contributed by atoms with Gasteiger partial charge in [-0.15, -0.1) is 0 Å². The van der Waals surface area contributed by atoms with Crippen molar-refractivity contribution >= 4 is 5.57 Å². The maximum absolute atomic E-state index is 10.1. The molecule has 0 saturated carbocycles. The van der Waals surface area contributed by atoms with Crippen LogP contribution in [0.4, 0.5) is 0 Å². The zero-order valence-corrected chi connectivity index (χ0v) is 17.4. The lowest BCUT2D eigenvalue weighted by molar-refractivity contribution is 0.198. The Labute approximate surface area is 162 Å². The molecule has 1 unspecified atom stereocenters. The van der Waals surface area contributed by atoms with Gasteiger partial charge in [-0.25, -0.2) is 9.67 Å². The molecule has 2 aromatic rings. The van der Waals surface area contributed by atoms with Crippen LogP contribution >= 0.6 is 0 Å². The van der Waals surface area contributed by atoms with Crippen LogP contribution in [0.5, 0.6) is 0 Å². The van der Waals surface area contributed by atoms with Crippen molar-refractivity contribution in [1.29, 1.82) is 5.26 Å². The van der Waals surface area contributed by atoms with Gasteiger partial charge >= 0.3 is 0 Å². The number of aliphatic hydroxyl groups is 1. The second-order valence-electron chi connectivity index (χ2n) is 5.99. The number of aryl methyl sites for hydroxylation is 1. The molecule has 0 bridgehead atoms. The largest absolute Gasteiger partial charge is 0.389 e. The molecular weight excluding hydrogens is 336 g/mol. The van der Waals surface area contributed by atoms with Gasteiger partial charge in [-0.3, -0.25) is 0 Å². The minimum atomic E-state index is -0.684. The number of rotatable bonds is 5. The van der Waals surface area contributed by atoms with E-state index in [0.717, 1.165) is 29.0 Å². The van der Waals surface area contributed by atoms with Crippen molar-refractivity contribution in [3.8, 4) is 11.9 Å². The molecule has 0 aliphatic heterocycles. The topological polar surface area (TPSA) is 74.7 Å². The molecule has 2 aromatic heterocycles. The summed E-state index contributed by atoms with van der Waals surface area (Å²) < 4.78 is 1.63. The Morgan fingerprint density at radius 2 is 2.04 bits per heavy atom. The Morgan fingerprint density at radius 3 is 2.52 bits per heavy atom. The summed E-state index contributed by atoms with van der Waals surface area (Å²) >= 11 is 0. The van der Waals surface area contributed by atoms with Crippen molar-refractivity contribution in [1.82, 2.24) is 14.8 Å². The van der Waals surface area contributed by atoms with Gasteiger partial charge in [-0.2, -0.15) is 10.4 Å². The predicted molar refractivity (Wildman–Crippen MR) is 110 cm³/mol. The number of nitriles is 1. The lowest BCUT2D eigenvalue weighted by Crippen LogP contribution is -2.10. The number of nitrogens with zero attached hydrogens (tertiary/aromatic N) is 4. The Balaban J connectivity index is 0.00000176. The van der Waals surface area contributed by atoms with Crippen LogP contribution in [0.2, 0.25) is 0 Å². The highest BCUT2D eigenvalue weighted by atomic mass is 16.3. The second kappa shape index (κ2) is 10.4. The molecular formula is C22H30N4O. The Bertz CT molecular complexity index is 867. The average Bonchev–Trinajstić information content (AvgIpc) is 3.04. The van der Waals surface area contributed by atoms with E-state index in [0.29, 0.717) is 17.1 Å². The summed E-state index contributed by atoms with van der Waals surface area (Å²) in [5.41, 5.74) is 4.96.